The number of hydrogen-bond acceptors (Lipinski definition) is 3. The van der Waals surface area contributed by atoms with Crippen molar-refractivity contribution in [1.82, 2.24) is 10.2 Å². The Bertz CT molecular complexity index is 429. The van der Waals surface area contributed by atoms with Crippen molar-refractivity contribution in [3.8, 4) is 5.75 Å². The van der Waals surface area contributed by atoms with E-state index in [9.17, 15) is 0 Å². The van der Waals surface area contributed by atoms with Crippen LogP contribution in [0.25, 0.3) is 0 Å². The zero-order valence-electron chi connectivity index (χ0n) is 13.2. The van der Waals surface area contributed by atoms with E-state index in [1.165, 1.54) is 37.7 Å². The van der Waals surface area contributed by atoms with Gasteiger partial charge < -0.3 is 10.1 Å². The first-order valence-electron chi connectivity index (χ1n) is 8.44. The lowest BCUT2D eigenvalue weighted by Crippen LogP contribution is -2.62. The summed E-state index contributed by atoms with van der Waals surface area (Å²) in [6, 6.07) is 8.37. The van der Waals surface area contributed by atoms with E-state index in [-0.39, 0.29) is 0 Å². The number of benzene rings is 1. The summed E-state index contributed by atoms with van der Waals surface area (Å²) in [4.78, 5) is 2.69. The molecule has 1 aliphatic carbocycles. The summed E-state index contributed by atoms with van der Waals surface area (Å²) in [5.74, 6) is 0.994. The SMILES string of the molecule is Cc1ccc(OCCN2CCNCC23CCCCC3)cc1. The molecule has 0 radical (unpaired) electrons. The van der Waals surface area contributed by atoms with Gasteiger partial charge in [0, 0.05) is 31.7 Å². The van der Waals surface area contributed by atoms with E-state index < -0.39 is 0 Å². The standard InChI is InChI=1S/C18H28N2O/c1-16-5-7-17(8-6-16)21-14-13-20-12-11-19-15-18(20)9-3-2-4-10-18/h5-8,19H,2-4,9-15H2,1H3. The summed E-state index contributed by atoms with van der Waals surface area (Å²) < 4.78 is 5.94. The molecule has 0 aromatic heterocycles. The number of hydrogen-bond donors (Lipinski definition) is 1. The molecular weight excluding hydrogens is 260 g/mol. The van der Waals surface area contributed by atoms with Gasteiger partial charge in [-0.2, -0.15) is 0 Å². The topological polar surface area (TPSA) is 24.5 Å². The molecule has 2 fully saturated rings. The van der Waals surface area contributed by atoms with Crippen LogP contribution in [-0.2, 0) is 0 Å². The van der Waals surface area contributed by atoms with Crippen molar-refractivity contribution >= 4 is 0 Å². The number of nitrogens with zero attached hydrogens (tertiary/aromatic N) is 1. The summed E-state index contributed by atoms with van der Waals surface area (Å²) in [7, 11) is 0. The highest BCUT2D eigenvalue weighted by atomic mass is 16.5. The molecule has 21 heavy (non-hydrogen) atoms. The monoisotopic (exact) mass is 288 g/mol. The zero-order valence-corrected chi connectivity index (χ0v) is 13.2. The van der Waals surface area contributed by atoms with Gasteiger partial charge in [-0.1, -0.05) is 37.0 Å². The van der Waals surface area contributed by atoms with E-state index in [0.717, 1.165) is 38.5 Å². The molecule has 1 aliphatic heterocycles. The van der Waals surface area contributed by atoms with E-state index in [0.29, 0.717) is 5.54 Å². The maximum Gasteiger partial charge on any atom is 0.119 e. The minimum Gasteiger partial charge on any atom is -0.492 e. The fraction of sp³-hybridized carbons (Fsp3) is 0.667. The van der Waals surface area contributed by atoms with Crippen molar-refractivity contribution in [2.24, 2.45) is 0 Å². The van der Waals surface area contributed by atoms with Crippen molar-refractivity contribution in [3.63, 3.8) is 0 Å². The van der Waals surface area contributed by atoms with Crippen LogP contribution in [0.2, 0.25) is 0 Å². The molecule has 0 amide bonds. The third-order valence-corrected chi connectivity index (χ3v) is 5.12. The second-order valence-corrected chi connectivity index (χ2v) is 6.61. The molecule has 3 heteroatoms. The van der Waals surface area contributed by atoms with Crippen LogP contribution in [0.3, 0.4) is 0 Å². The van der Waals surface area contributed by atoms with Crippen molar-refractivity contribution < 1.29 is 4.74 Å². The average Bonchev–Trinajstić information content (AvgIpc) is 2.52. The summed E-state index contributed by atoms with van der Waals surface area (Å²) in [6.07, 6.45) is 6.89. The Morgan fingerprint density at radius 2 is 1.90 bits per heavy atom. The van der Waals surface area contributed by atoms with Gasteiger partial charge in [-0.05, 0) is 31.9 Å². The second kappa shape index (κ2) is 6.80. The summed E-state index contributed by atoms with van der Waals surface area (Å²) >= 11 is 0. The molecule has 1 aromatic rings. The van der Waals surface area contributed by atoms with Crippen molar-refractivity contribution in [1.29, 1.82) is 0 Å². The first kappa shape index (κ1) is 14.9. The van der Waals surface area contributed by atoms with E-state index in [4.69, 9.17) is 4.74 Å². The third-order valence-electron chi connectivity index (χ3n) is 5.12. The zero-order chi connectivity index (χ0) is 14.5. The third kappa shape index (κ3) is 3.58. The molecule has 0 unspecified atom stereocenters. The molecule has 1 saturated carbocycles. The fourth-order valence-corrected chi connectivity index (χ4v) is 3.84. The molecular formula is C18H28N2O. The van der Waals surface area contributed by atoms with Gasteiger partial charge in [0.1, 0.15) is 12.4 Å². The van der Waals surface area contributed by atoms with E-state index in [2.05, 4.69) is 41.4 Å². The molecule has 0 atom stereocenters. The van der Waals surface area contributed by atoms with Gasteiger partial charge in [0.05, 0.1) is 0 Å². The number of aryl methyl sites for hydroxylation is 1. The molecule has 1 saturated heterocycles. The Hall–Kier alpha value is -1.06. The van der Waals surface area contributed by atoms with Crippen LogP contribution >= 0.6 is 0 Å². The van der Waals surface area contributed by atoms with Crippen LogP contribution in [0.1, 0.15) is 37.7 Å². The molecule has 3 nitrogen and oxygen atoms in total. The lowest BCUT2D eigenvalue weighted by atomic mass is 9.79. The van der Waals surface area contributed by atoms with Crippen LogP contribution in [0.5, 0.6) is 5.75 Å². The Kier molecular flexibility index (Phi) is 4.81. The molecule has 1 aromatic carbocycles. The van der Waals surface area contributed by atoms with Crippen molar-refractivity contribution in [3.05, 3.63) is 29.8 Å². The minimum atomic E-state index is 0.410. The maximum atomic E-state index is 5.94. The summed E-state index contributed by atoms with van der Waals surface area (Å²) in [5, 5.41) is 3.61. The van der Waals surface area contributed by atoms with Crippen LogP contribution in [0.4, 0.5) is 0 Å². The van der Waals surface area contributed by atoms with Crippen LogP contribution in [0.15, 0.2) is 24.3 Å². The summed E-state index contributed by atoms with van der Waals surface area (Å²) in [5.41, 5.74) is 1.69. The van der Waals surface area contributed by atoms with Crippen LogP contribution in [0, 0.1) is 6.92 Å². The fourth-order valence-electron chi connectivity index (χ4n) is 3.84. The molecule has 1 spiro atoms. The largest absolute Gasteiger partial charge is 0.492 e. The molecule has 1 heterocycles. The van der Waals surface area contributed by atoms with Gasteiger partial charge in [-0.25, -0.2) is 0 Å². The lowest BCUT2D eigenvalue weighted by Gasteiger charge is -2.49. The first-order chi connectivity index (χ1) is 10.3. The van der Waals surface area contributed by atoms with E-state index in [1.807, 2.05) is 0 Å². The van der Waals surface area contributed by atoms with Gasteiger partial charge in [0.25, 0.3) is 0 Å². The number of nitrogens with one attached hydrogen (secondary N) is 1. The van der Waals surface area contributed by atoms with Crippen LogP contribution in [-0.4, -0.2) is 43.2 Å². The van der Waals surface area contributed by atoms with Gasteiger partial charge in [0.15, 0.2) is 0 Å². The van der Waals surface area contributed by atoms with Gasteiger partial charge in [0.2, 0.25) is 0 Å². The molecule has 2 aliphatic rings. The number of rotatable bonds is 4. The summed E-state index contributed by atoms with van der Waals surface area (Å²) in [6.45, 7) is 7.40. The first-order valence-corrected chi connectivity index (χ1v) is 8.44. The molecule has 0 bridgehead atoms. The minimum absolute atomic E-state index is 0.410. The van der Waals surface area contributed by atoms with E-state index in [1.54, 1.807) is 0 Å². The van der Waals surface area contributed by atoms with Gasteiger partial charge >= 0.3 is 0 Å². The lowest BCUT2D eigenvalue weighted by molar-refractivity contribution is 0.0183. The molecule has 3 rings (SSSR count). The van der Waals surface area contributed by atoms with Crippen molar-refractivity contribution in [2.75, 3.05) is 32.8 Å². The Morgan fingerprint density at radius 1 is 1.14 bits per heavy atom. The van der Waals surface area contributed by atoms with E-state index >= 15 is 0 Å². The van der Waals surface area contributed by atoms with Crippen molar-refractivity contribution in [2.45, 2.75) is 44.6 Å². The highest BCUT2D eigenvalue weighted by molar-refractivity contribution is 5.26. The average molecular weight is 288 g/mol. The normalized spacial score (nSPS) is 22.3. The predicted molar refractivity (Wildman–Crippen MR) is 86.9 cm³/mol. The Balaban J connectivity index is 1.54. The predicted octanol–water partition coefficient (Wildman–Crippen LogP) is 2.98. The van der Waals surface area contributed by atoms with Gasteiger partial charge in [-0.15, -0.1) is 0 Å². The number of ether oxygens (including phenoxy) is 1. The second-order valence-electron chi connectivity index (χ2n) is 6.61. The number of piperazine rings is 1. The highest BCUT2D eigenvalue weighted by Crippen LogP contribution is 2.34. The quantitative estimate of drug-likeness (QED) is 0.922. The highest BCUT2D eigenvalue weighted by Gasteiger charge is 2.39. The maximum absolute atomic E-state index is 5.94. The smallest absolute Gasteiger partial charge is 0.119 e. The Morgan fingerprint density at radius 3 is 2.67 bits per heavy atom. The molecule has 116 valence electrons. The van der Waals surface area contributed by atoms with Gasteiger partial charge in [-0.3, -0.25) is 4.90 Å². The Labute approximate surface area is 128 Å². The molecule has 1 N–H and O–H groups in total. The van der Waals surface area contributed by atoms with Crippen LogP contribution < -0.4 is 10.1 Å².